The van der Waals surface area contributed by atoms with E-state index in [1.54, 1.807) is 18.2 Å². The van der Waals surface area contributed by atoms with Gasteiger partial charge in [-0.1, -0.05) is 12.1 Å². The predicted octanol–water partition coefficient (Wildman–Crippen LogP) is 2.12. The van der Waals surface area contributed by atoms with E-state index >= 15 is 0 Å². The molecular weight excluding hydrogens is 389 g/mol. The number of carbonyl (C=O) groups is 1. The molecule has 8 heteroatoms. The first-order valence-corrected chi connectivity index (χ1v) is 10.5. The van der Waals surface area contributed by atoms with E-state index in [4.69, 9.17) is 4.74 Å². The molecule has 0 radical (unpaired) electrons. The van der Waals surface area contributed by atoms with Crippen molar-refractivity contribution in [3.05, 3.63) is 50.5 Å². The zero-order valence-electron chi connectivity index (χ0n) is 16.8. The summed E-state index contributed by atoms with van der Waals surface area (Å²) in [5, 5.41) is 5.87. The summed E-state index contributed by atoms with van der Waals surface area (Å²) in [5.74, 6) is -0.406. The number of nitrogens with one attached hydrogen (secondary N) is 2. The van der Waals surface area contributed by atoms with Crippen molar-refractivity contribution in [2.24, 2.45) is 11.8 Å². The fraction of sp³-hybridized carbons (Fsp3) is 0.500. The Morgan fingerprint density at radius 1 is 1.07 bits per heavy atom. The van der Waals surface area contributed by atoms with Gasteiger partial charge in [-0.15, -0.1) is 0 Å². The third kappa shape index (κ3) is 4.23. The molecule has 160 valence electrons. The monoisotopic (exact) mass is 415 g/mol. The van der Waals surface area contributed by atoms with Crippen molar-refractivity contribution in [1.82, 2.24) is 0 Å². The van der Waals surface area contributed by atoms with E-state index in [9.17, 15) is 18.8 Å². The van der Waals surface area contributed by atoms with Gasteiger partial charge in [-0.05, 0) is 43.7 Å². The van der Waals surface area contributed by atoms with Crippen LogP contribution in [0.5, 0.6) is 0 Å². The maximum absolute atomic E-state index is 13.7. The Hall–Kier alpha value is -2.74. The molecule has 30 heavy (non-hydrogen) atoms. The second-order valence-electron chi connectivity index (χ2n) is 8.05. The highest BCUT2D eigenvalue weighted by atomic mass is 19.1. The van der Waals surface area contributed by atoms with Gasteiger partial charge in [-0.3, -0.25) is 14.4 Å². The second-order valence-corrected chi connectivity index (χ2v) is 8.05. The van der Waals surface area contributed by atoms with Gasteiger partial charge in [-0.25, -0.2) is 4.39 Å². The smallest absolute Gasteiger partial charge is 0.253 e. The number of ether oxygens (including phenoxy) is 1. The Morgan fingerprint density at radius 3 is 2.47 bits per heavy atom. The number of morpholine rings is 1. The Labute approximate surface area is 173 Å². The quantitative estimate of drug-likeness (QED) is 0.703. The third-order valence-corrected chi connectivity index (χ3v) is 6.13. The lowest BCUT2D eigenvalue weighted by Gasteiger charge is -2.32. The molecule has 2 N–H and O–H groups in total. The fourth-order valence-corrected chi connectivity index (χ4v) is 4.30. The molecule has 0 spiro atoms. The molecule has 0 atom stereocenters. The number of para-hydroxylation sites is 1. The van der Waals surface area contributed by atoms with Crippen molar-refractivity contribution in [2.75, 3.05) is 48.4 Å². The van der Waals surface area contributed by atoms with E-state index in [1.165, 1.54) is 6.07 Å². The molecule has 1 aliphatic heterocycles. The number of nitrogens with zero attached hydrogens (tertiary/aromatic N) is 1. The SMILES string of the molecule is O=C(Nc1ccccc1F)C1CCC(CNc2c(N3CCOCC3)c(=O)c2=O)CC1. The number of carbonyl (C=O) groups excluding carboxylic acids is 1. The number of halogens is 1. The Kier molecular flexibility index (Phi) is 6.13. The summed E-state index contributed by atoms with van der Waals surface area (Å²) in [6.45, 7) is 2.93. The van der Waals surface area contributed by atoms with Crippen LogP contribution in [-0.2, 0) is 9.53 Å². The maximum Gasteiger partial charge on any atom is 0.253 e. The van der Waals surface area contributed by atoms with Gasteiger partial charge < -0.3 is 20.3 Å². The minimum Gasteiger partial charge on any atom is -0.380 e. The molecule has 2 fully saturated rings. The molecule has 1 saturated heterocycles. The first-order valence-electron chi connectivity index (χ1n) is 10.5. The molecule has 2 aliphatic rings. The predicted molar refractivity (Wildman–Crippen MR) is 113 cm³/mol. The van der Waals surface area contributed by atoms with E-state index in [0.717, 1.165) is 25.7 Å². The topological polar surface area (TPSA) is 87.7 Å². The van der Waals surface area contributed by atoms with Crippen LogP contribution in [0.15, 0.2) is 33.9 Å². The van der Waals surface area contributed by atoms with Crippen LogP contribution in [0.1, 0.15) is 25.7 Å². The molecule has 1 aliphatic carbocycles. The normalized spacial score (nSPS) is 22.1. The van der Waals surface area contributed by atoms with E-state index in [0.29, 0.717) is 50.1 Å². The first-order chi connectivity index (χ1) is 14.5. The van der Waals surface area contributed by atoms with E-state index in [2.05, 4.69) is 10.6 Å². The molecule has 0 unspecified atom stereocenters. The van der Waals surface area contributed by atoms with Crippen LogP contribution < -0.4 is 26.4 Å². The lowest BCUT2D eigenvalue weighted by molar-refractivity contribution is -0.121. The van der Waals surface area contributed by atoms with Crippen LogP contribution in [0, 0.1) is 17.7 Å². The van der Waals surface area contributed by atoms with Crippen LogP contribution >= 0.6 is 0 Å². The van der Waals surface area contributed by atoms with Gasteiger partial charge in [0, 0.05) is 25.6 Å². The molecule has 7 nitrogen and oxygen atoms in total. The van der Waals surface area contributed by atoms with E-state index < -0.39 is 16.7 Å². The summed E-state index contributed by atoms with van der Waals surface area (Å²) >= 11 is 0. The number of benzene rings is 1. The van der Waals surface area contributed by atoms with Crippen LogP contribution in [0.4, 0.5) is 21.5 Å². The largest absolute Gasteiger partial charge is 0.380 e. The molecule has 2 aromatic carbocycles. The summed E-state index contributed by atoms with van der Waals surface area (Å²) in [6.07, 6.45) is 3.11. The van der Waals surface area contributed by atoms with E-state index in [1.807, 2.05) is 4.90 Å². The molecule has 1 saturated carbocycles. The number of hydrogen-bond donors (Lipinski definition) is 2. The molecule has 4 rings (SSSR count). The highest BCUT2D eigenvalue weighted by Crippen LogP contribution is 2.31. The maximum atomic E-state index is 13.7. The third-order valence-electron chi connectivity index (χ3n) is 6.13. The van der Waals surface area contributed by atoms with Crippen molar-refractivity contribution < 1.29 is 13.9 Å². The summed E-state index contributed by atoms with van der Waals surface area (Å²) < 4.78 is 19.0. The zero-order chi connectivity index (χ0) is 21.1. The lowest BCUT2D eigenvalue weighted by Crippen LogP contribution is -2.47. The standard InChI is InChI=1S/C22H26FN3O4/c23-16-3-1-2-4-17(16)25-22(29)15-7-5-14(6-8-15)13-24-18-19(21(28)20(18)27)26-9-11-30-12-10-26/h1-4,14-15,24H,5-13H2,(H,25,29). The highest BCUT2D eigenvalue weighted by Gasteiger charge is 2.30. The summed E-state index contributed by atoms with van der Waals surface area (Å²) in [6, 6.07) is 6.15. The number of hydrogen-bond acceptors (Lipinski definition) is 6. The van der Waals surface area contributed by atoms with Crippen molar-refractivity contribution in [2.45, 2.75) is 25.7 Å². The molecule has 0 aromatic heterocycles. The lowest BCUT2D eigenvalue weighted by atomic mass is 9.81. The van der Waals surface area contributed by atoms with Crippen LogP contribution in [0.2, 0.25) is 0 Å². The van der Waals surface area contributed by atoms with Gasteiger partial charge >= 0.3 is 0 Å². The van der Waals surface area contributed by atoms with Gasteiger partial charge in [0.1, 0.15) is 17.2 Å². The van der Waals surface area contributed by atoms with E-state index in [-0.39, 0.29) is 17.5 Å². The number of anilines is 3. The molecule has 0 bridgehead atoms. The number of amides is 1. The molecular formula is C22H26FN3O4. The Morgan fingerprint density at radius 2 is 1.77 bits per heavy atom. The fourth-order valence-electron chi connectivity index (χ4n) is 4.30. The summed E-state index contributed by atoms with van der Waals surface area (Å²) in [4.78, 5) is 38.4. The Bertz CT molecular complexity index is 971. The zero-order valence-corrected chi connectivity index (χ0v) is 16.8. The van der Waals surface area contributed by atoms with Crippen molar-refractivity contribution >= 4 is 23.0 Å². The van der Waals surface area contributed by atoms with Crippen molar-refractivity contribution in [1.29, 1.82) is 0 Å². The van der Waals surface area contributed by atoms with Crippen LogP contribution in [0.25, 0.3) is 0 Å². The minimum absolute atomic E-state index is 0.143. The van der Waals surface area contributed by atoms with Crippen LogP contribution in [0.3, 0.4) is 0 Å². The van der Waals surface area contributed by atoms with Gasteiger partial charge in [0.15, 0.2) is 0 Å². The van der Waals surface area contributed by atoms with Gasteiger partial charge in [0.25, 0.3) is 10.9 Å². The summed E-state index contributed by atoms with van der Waals surface area (Å²) in [5.41, 5.74) is 0.243. The average Bonchev–Trinajstić information content (AvgIpc) is 2.78. The van der Waals surface area contributed by atoms with Gasteiger partial charge in [-0.2, -0.15) is 0 Å². The summed E-state index contributed by atoms with van der Waals surface area (Å²) in [7, 11) is 0. The second kappa shape index (κ2) is 8.95. The van der Waals surface area contributed by atoms with Crippen molar-refractivity contribution in [3.63, 3.8) is 0 Å². The molecule has 1 amide bonds. The Balaban J connectivity index is 1.27. The first kappa shape index (κ1) is 20.5. The minimum atomic E-state index is -0.450. The van der Waals surface area contributed by atoms with Crippen molar-refractivity contribution in [3.8, 4) is 0 Å². The molecule has 1 heterocycles. The average molecular weight is 415 g/mol. The molecule has 2 aromatic rings. The van der Waals surface area contributed by atoms with Gasteiger partial charge in [0.2, 0.25) is 5.91 Å². The number of rotatable bonds is 6. The van der Waals surface area contributed by atoms with Crippen LogP contribution in [-0.4, -0.2) is 38.8 Å². The highest BCUT2D eigenvalue weighted by molar-refractivity contribution is 5.92. The van der Waals surface area contributed by atoms with Gasteiger partial charge in [0.05, 0.1) is 18.9 Å².